The number of carbonyl (C=O) groups is 3. The highest BCUT2D eigenvalue weighted by molar-refractivity contribution is 5.89. The van der Waals surface area contributed by atoms with Crippen LogP contribution in [0.2, 0.25) is 0 Å². The van der Waals surface area contributed by atoms with Crippen LogP contribution in [0.3, 0.4) is 0 Å². The summed E-state index contributed by atoms with van der Waals surface area (Å²) in [5.74, 6) is -1.45. The molecule has 0 spiro atoms. The summed E-state index contributed by atoms with van der Waals surface area (Å²) in [5, 5.41) is 3.34. The van der Waals surface area contributed by atoms with E-state index in [-0.39, 0.29) is 24.7 Å². The predicted molar refractivity (Wildman–Crippen MR) is 70.2 cm³/mol. The van der Waals surface area contributed by atoms with Gasteiger partial charge < -0.3 is 9.47 Å². The molecule has 0 aromatic heterocycles. The lowest BCUT2D eigenvalue weighted by atomic mass is 9.86. The van der Waals surface area contributed by atoms with Crippen LogP contribution >= 0.6 is 0 Å². The maximum atomic E-state index is 12.2. The quantitative estimate of drug-likeness (QED) is 0.541. The van der Waals surface area contributed by atoms with Crippen molar-refractivity contribution >= 4 is 17.7 Å². The number of hydrogen-bond acceptors (Lipinski definition) is 7. The monoisotopic (exact) mass is 286 g/mol. The van der Waals surface area contributed by atoms with Crippen LogP contribution in [-0.4, -0.2) is 36.0 Å². The number of nitrogens with zero attached hydrogens (tertiary/aromatic N) is 1. The molecule has 0 bridgehead atoms. The SMILES string of the molecule is CC(=O)OCC(OC(C)=O)C(C)(N=N)C(=O)CC(C)C. The fourth-order valence-corrected chi connectivity index (χ4v) is 1.60. The van der Waals surface area contributed by atoms with Crippen molar-refractivity contribution in [2.24, 2.45) is 11.0 Å². The maximum absolute atomic E-state index is 12.2. The van der Waals surface area contributed by atoms with Crippen molar-refractivity contribution in [1.29, 1.82) is 5.53 Å². The third kappa shape index (κ3) is 5.46. The molecule has 2 unspecified atom stereocenters. The van der Waals surface area contributed by atoms with Crippen LogP contribution < -0.4 is 0 Å². The largest absolute Gasteiger partial charge is 0.462 e. The summed E-state index contributed by atoms with van der Waals surface area (Å²) in [5.41, 5.74) is 5.71. The molecule has 0 rings (SSSR count). The van der Waals surface area contributed by atoms with Gasteiger partial charge in [-0.25, -0.2) is 5.53 Å². The van der Waals surface area contributed by atoms with E-state index < -0.39 is 23.6 Å². The highest BCUT2D eigenvalue weighted by Crippen LogP contribution is 2.24. The Morgan fingerprint density at radius 2 is 1.75 bits per heavy atom. The fourth-order valence-electron chi connectivity index (χ4n) is 1.60. The van der Waals surface area contributed by atoms with Crippen molar-refractivity contribution in [3.05, 3.63) is 0 Å². The summed E-state index contributed by atoms with van der Waals surface area (Å²) in [7, 11) is 0. The summed E-state index contributed by atoms with van der Waals surface area (Å²) in [4.78, 5) is 34.2. The Labute approximate surface area is 118 Å². The van der Waals surface area contributed by atoms with Gasteiger partial charge in [0, 0.05) is 20.3 Å². The minimum absolute atomic E-state index is 0.0790. The molecule has 0 heterocycles. The number of Topliss-reactive ketones (excluding diaryl/α,β-unsaturated/α-hetero) is 1. The number of ether oxygens (including phenoxy) is 2. The second kappa shape index (κ2) is 7.72. The molecule has 7 heteroatoms. The molecule has 2 atom stereocenters. The van der Waals surface area contributed by atoms with Crippen LogP contribution in [0.15, 0.2) is 5.11 Å². The third-order valence-electron chi connectivity index (χ3n) is 2.76. The van der Waals surface area contributed by atoms with Gasteiger partial charge in [-0.05, 0) is 12.8 Å². The van der Waals surface area contributed by atoms with Crippen molar-refractivity contribution in [2.45, 2.75) is 52.7 Å². The summed E-state index contributed by atoms with van der Waals surface area (Å²) in [6.45, 7) is 7.19. The van der Waals surface area contributed by atoms with Crippen LogP contribution in [0.5, 0.6) is 0 Å². The van der Waals surface area contributed by atoms with Crippen LogP contribution in [0, 0.1) is 11.4 Å². The molecule has 0 saturated heterocycles. The van der Waals surface area contributed by atoms with Gasteiger partial charge in [0.2, 0.25) is 0 Å². The minimum atomic E-state index is -1.55. The van der Waals surface area contributed by atoms with Gasteiger partial charge in [0.1, 0.15) is 6.61 Å². The normalized spacial score (nSPS) is 15.1. The molecule has 0 saturated carbocycles. The van der Waals surface area contributed by atoms with Gasteiger partial charge in [-0.2, -0.15) is 5.11 Å². The first kappa shape index (κ1) is 18.2. The highest BCUT2D eigenvalue weighted by Gasteiger charge is 2.44. The molecule has 0 fully saturated rings. The number of nitrogens with one attached hydrogen (secondary N) is 1. The van der Waals surface area contributed by atoms with Crippen molar-refractivity contribution in [3.63, 3.8) is 0 Å². The molecule has 20 heavy (non-hydrogen) atoms. The van der Waals surface area contributed by atoms with Gasteiger partial charge in [0.15, 0.2) is 17.4 Å². The lowest BCUT2D eigenvalue weighted by Crippen LogP contribution is -2.50. The summed E-state index contributed by atoms with van der Waals surface area (Å²) in [6, 6.07) is 0. The zero-order valence-corrected chi connectivity index (χ0v) is 12.6. The van der Waals surface area contributed by atoms with Crippen LogP contribution in [0.25, 0.3) is 0 Å². The van der Waals surface area contributed by atoms with E-state index in [4.69, 9.17) is 15.0 Å². The van der Waals surface area contributed by atoms with Gasteiger partial charge in [-0.15, -0.1) is 0 Å². The minimum Gasteiger partial charge on any atom is -0.462 e. The second-order valence-corrected chi connectivity index (χ2v) is 5.18. The fraction of sp³-hybridized carbons (Fsp3) is 0.769. The predicted octanol–water partition coefficient (Wildman–Crippen LogP) is 1.89. The average molecular weight is 286 g/mol. The van der Waals surface area contributed by atoms with Gasteiger partial charge in [-0.1, -0.05) is 13.8 Å². The Morgan fingerprint density at radius 3 is 2.10 bits per heavy atom. The van der Waals surface area contributed by atoms with Crippen molar-refractivity contribution < 1.29 is 23.9 Å². The first-order valence-corrected chi connectivity index (χ1v) is 6.36. The molecule has 0 aliphatic heterocycles. The molecular weight excluding hydrogens is 264 g/mol. The standard InChI is InChI=1S/C13H22N2O5/c1-8(2)6-11(18)13(5,15-14)12(20-10(4)17)7-19-9(3)16/h8,12,14H,6-7H2,1-5H3. The lowest BCUT2D eigenvalue weighted by molar-refractivity contribution is -0.162. The first-order valence-electron chi connectivity index (χ1n) is 6.36. The zero-order chi connectivity index (χ0) is 15.9. The van der Waals surface area contributed by atoms with Crippen LogP contribution in [0.4, 0.5) is 0 Å². The zero-order valence-electron chi connectivity index (χ0n) is 12.6. The van der Waals surface area contributed by atoms with Gasteiger partial charge >= 0.3 is 11.9 Å². The van der Waals surface area contributed by atoms with E-state index in [0.717, 1.165) is 0 Å². The van der Waals surface area contributed by atoms with E-state index in [1.165, 1.54) is 20.8 Å². The van der Waals surface area contributed by atoms with Crippen LogP contribution in [-0.2, 0) is 23.9 Å². The number of hydrogen-bond donors (Lipinski definition) is 1. The van der Waals surface area contributed by atoms with E-state index in [2.05, 4.69) is 5.11 Å². The Kier molecular flexibility index (Phi) is 7.02. The molecule has 0 aliphatic carbocycles. The van der Waals surface area contributed by atoms with E-state index >= 15 is 0 Å². The lowest BCUT2D eigenvalue weighted by Gasteiger charge is -2.30. The molecule has 0 amide bonds. The molecule has 0 aromatic carbocycles. The number of carbonyl (C=O) groups excluding carboxylic acids is 3. The van der Waals surface area contributed by atoms with E-state index in [1.54, 1.807) is 0 Å². The smallest absolute Gasteiger partial charge is 0.303 e. The summed E-state index contributed by atoms with van der Waals surface area (Å²) >= 11 is 0. The molecule has 0 aliphatic rings. The van der Waals surface area contributed by atoms with Crippen molar-refractivity contribution in [1.82, 2.24) is 0 Å². The highest BCUT2D eigenvalue weighted by atomic mass is 16.6. The van der Waals surface area contributed by atoms with E-state index in [9.17, 15) is 14.4 Å². The molecule has 0 aromatic rings. The Morgan fingerprint density at radius 1 is 1.20 bits per heavy atom. The Bertz CT molecular complexity index is 394. The second-order valence-electron chi connectivity index (χ2n) is 5.18. The van der Waals surface area contributed by atoms with Crippen LogP contribution in [0.1, 0.15) is 41.0 Å². The number of ketones is 1. The molecule has 0 radical (unpaired) electrons. The molecule has 1 N–H and O–H groups in total. The molecule has 7 nitrogen and oxygen atoms in total. The van der Waals surface area contributed by atoms with Crippen molar-refractivity contribution in [2.75, 3.05) is 6.61 Å². The first-order chi connectivity index (χ1) is 9.13. The molecular formula is C13H22N2O5. The van der Waals surface area contributed by atoms with Gasteiger partial charge in [0.25, 0.3) is 0 Å². The van der Waals surface area contributed by atoms with Gasteiger partial charge in [-0.3, -0.25) is 14.4 Å². The number of esters is 2. The summed E-state index contributed by atoms with van der Waals surface area (Å²) < 4.78 is 9.81. The molecule has 114 valence electrons. The topological polar surface area (TPSA) is 106 Å². The van der Waals surface area contributed by atoms with Gasteiger partial charge in [0.05, 0.1) is 0 Å². The average Bonchev–Trinajstić information content (AvgIpc) is 2.31. The number of rotatable bonds is 8. The Balaban J connectivity index is 5.21. The Hall–Kier alpha value is -1.79. The maximum Gasteiger partial charge on any atom is 0.303 e. The van der Waals surface area contributed by atoms with E-state index in [1.807, 2.05) is 13.8 Å². The van der Waals surface area contributed by atoms with E-state index in [0.29, 0.717) is 0 Å². The van der Waals surface area contributed by atoms with Crippen molar-refractivity contribution in [3.8, 4) is 0 Å². The summed E-state index contributed by atoms with van der Waals surface area (Å²) in [6.07, 6.45) is -0.913. The third-order valence-corrected chi connectivity index (χ3v) is 2.76.